The molecule has 0 aromatic heterocycles. The molecule has 0 saturated heterocycles. The summed E-state index contributed by atoms with van der Waals surface area (Å²) in [5.74, 6) is 16.5. The highest BCUT2D eigenvalue weighted by Gasteiger charge is 2.64. The van der Waals surface area contributed by atoms with E-state index in [0.717, 1.165) is 158 Å². The van der Waals surface area contributed by atoms with E-state index in [1.807, 2.05) is 55.4 Å². The van der Waals surface area contributed by atoms with Gasteiger partial charge in [-0.25, -0.2) is 38.4 Å². The maximum absolute atomic E-state index is 11.6. The number of rotatable bonds is 29. The lowest BCUT2D eigenvalue weighted by Gasteiger charge is -2.56. The van der Waals surface area contributed by atoms with Crippen LogP contribution in [0.3, 0.4) is 0 Å². The zero-order valence-corrected chi connectivity index (χ0v) is 87.8. The average Bonchev–Trinajstić information content (AvgIpc) is 1.58. The molecule has 0 aromatic carbocycles. The SMILES string of the molecule is C=C(C)C(=O)OC(C)(C)C1CCCCC1.C=C(C)C(=O)OC(C)OC12CC3CC(CC(C3)C1)C2.C=C(C)C(=O)OC(C)OC1C2CC3CC(C2)CC1C3.C=C(C)C(=O)OC(C)OC1CC2CC1C1C3CCC(C3)C21.C=C(C)C(=O)OC(C)OC1CC2CCC1C2.C=C(C)C(=O)OC1(C)CCCCC1.C=CC(=O)OC(C)OC12CC3CC(CC(C3)C1)C2.C=CC(=O)OC(C)OC1C2CC3CC(C2)CC1C3. The van der Waals surface area contributed by atoms with Crippen molar-refractivity contribution in [2.75, 3.05) is 0 Å². The Hall–Kier alpha value is -6.56. The van der Waals surface area contributed by atoms with Crippen molar-refractivity contribution in [3.8, 4) is 0 Å². The fourth-order valence-electron chi connectivity index (χ4n) is 31.7. The van der Waals surface area contributed by atoms with Gasteiger partial charge in [0.25, 0.3) is 0 Å². The highest BCUT2D eigenvalue weighted by molar-refractivity contribution is 5.89. The molecular formula is C117H178O22. The molecule has 16 atom stereocenters. The molecule has 24 saturated carbocycles. The summed E-state index contributed by atoms with van der Waals surface area (Å²) in [6.45, 7) is 55.4. The van der Waals surface area contributed by atoms with Crippen LogP contribution in [0.1, 0.15) is 367 Å². The first-order valence-corrected chi connectivity index (χ1v) is 54.7. The molecule has 24 aliphatic carbocycles. The van der Waals surface area contributed by atoms with E-state index >= 15 is 0 Å². The monoisotopic (exact) mass is 1940 g/mol. The van der Waals surface area contributed by atoms with Crippen molar-refractivity contribution < 1.29 is 105 Å². The van der Waals surface area contributed by atoms with E-state index in [0.29, 0.717) is 93.4 Å². The van der Waals surface area contributed by atoms with Crippen LogP contribution in [0.25, 0.3) is 0 Å². The predicted molar refractivity (Wildman–Crippen MR) is 534 cm³/mol. The second-order valence-electron chi connectivity index (χ2n) is 48.6. The third kappa shape index (κ3) is 29.5. The van der Waals surface area contributed by atoms with Crippen LogP contribution >= 0.6 is 0 Å². The molecular weight excluding hydrogens is 1760 g/mol. The van der Waals surface area contributed by atoms with E-state index in [4.69, 9.17) is 66.3 Å². The van der Waals surface area contributed by atoms with Crippen LogP contribution in [-0.2, 0) is 105 Å². The first kappa shape index (κ1) is 110. The molecule has 0 N–H and O–H groups in total. The summed E-state index contributed by atoms with van der Waals surface area (Å²) >= 11 is 0. The Morgan fingerprint density at radius 1 is 0.309 bits per heavy atom. The van der Waals surface area contributed by atoms with Crippen molar-refractivity contribution in [3.63, 3.8) is 0 Å². The molecule has 24 fully saturated rings. The van der Waals surface area contributed by atoms with Crippen LogP contribution in [0, 0.1) is 136 Å². The second kappa shape index (κ2) is 48.2. The van der Waals surface area contributed by atoms with Gasteiger partial charge in [0.2, 0.25) is 37.7 Å². The van der Waals surface area contributed by atoms with E-state index in [1.54, 1.807) is 48.5 Å². The van der Waals surface area contributed by atoms with Gasteiger partial charge in [0.1, 0.15) is 11.2 Å². The van der Waals surface area contributed by atoms with E-state index in [1.165, 1.54) is 218 Å². The average molecular weight is 1940 g/mol. The Bertz CT molecular complexity index is 4190. The molecule has 0 heterocycles. The van der Waals surface area contributed by atoms with Crippen LogP contribution in [0.5, 0.6) is 0 Å². The summed E-state index contributed by atoms with van der Waals surface area (Å²) < 4.78 is 78.4. The topological polar surface area (TPSA) is 266 Å². The Kier molecular flexibility index (Phi) is 38.0. The van der Waals surface area contributed by atoms with E-state index in [-0.39, 0.29) is 58.2 Å². The Labute approximate surface area is 833 Å². The Morgan fingerprint density at radius 2 is 0.640 bits per heavy atom. The molecule has 0 radical (unpaired) electrons. The van der Waals surface area contributed by atoms with Gasteiger partial charge in [0, 0.05) is 45.6 Å². The number of ether oxygens (including phenoxy) is 14. The van der Waals surface area contributed by atoms with Gasteiger partial charge in [0.05, 0.1) is 35.6 Å². The molecule has 778 valence electrons. The van der Waals surface area contributed by atoms with Crippen molar-refractivity contribution >= 4 is 47.8 Å². The number of esters is 8. The smallest absolute Gasteiger partial charge is 0.335 e. The molecule has 0 aromatic rings. The summed E-state index contributed by atoms with van der Waals surface area (Å²) in [6, 6.07) is 0. The normalized spacial score (nSPS) is 37.3. The molecule has 22 nitrogen and oxygen atoms in total. The van der Waals surface area contributed by atoms with Crippen LogP contribution in [0.15, 0.2) is 98.2 Å². The Morgan fingerprint density at radius 3 is 1.01 bits per heavy atom. The molecule has 24 rings (SSSR count). The van der Waals surface area contributed by atoms with Crippen molar-refractivity contribution in [2.45, 2.75) is 452 Å². The number of carbonyl (C=O) groups is 8. The summed E-state index contributed by atoms with van der Waals surface area (Å²) in [5.41, 5.74) is 2.12. The zero-order valence-electron chi connectivity index (χ0n) is 87.8. The van der Waals surface area contributed by atoms with Gasteiger partial charge in [-0.2, -0.15) is 0 Å². The molecule has 22 bridgehead atoms. The van der Waals surface area contributed by atoms with Gasteiger partial charge in [-0.1, -0.05) is 78.3 Å². The van der Waals surface area contributed by atoms with E-state index < -0.39 is 49.7 Å². The van der Waals surface area contributed by atoms with Gasteiger partial charge in [-0.3, -0.25) is 0 Å². The summed E-state index contributed by atoms with van der Waals surface area (Å²) in [6.07, 6.45) is 53.4. The first-order chi connectivity index (χ1) is 65.8. The first-order valence-electron chi connectivity index (χ1n) is 54.7. The van der Waals surface area contributed by atoms with Crippen LogP contribution in [-0.4, -0.2) is 132 Å². The maximum Gasteiger partial charge on any atom is 0.335 e. The van der Waals surface area contributed by atoms with Crippen LogP contribution in [0.4, 0.5) is 0 Å². The van der Waals surface area contributed by atoms with Gasteiger partial charge in [-0.15, -0.1) is 0 Å². The van der Waals surface area contributed by atoms with Crippen LogP contribution < -0.4 is 0 Å². The standard InChI is InChI=1S/C18H26O3.2C16H24O3.2C15H22O3.C13H20O3.C13H22O2.C11H18O2/c1-9(2)18(19)21-10(3)20-15-8-13-7-14(15)17-12-5-4-11(6-12)16(13)17;1-10(2)15(17)18-11(3)19-16-7-12-4-13(8-16)6-14(5-12)9-16;1-9(2)16(17)19-10(3)18-15-13-5-11-4-12(7-13)8-14(15)6-11;1-3-14(16)17-10(2)18-15-7-11-4-12(8-15)6-13(5-11)9-15;1-3-14(16)17-9(2)18-15-12-5-10-4-11(7-12)8-13(15)6-10;1-8(2)13(14)16-9(3)15-12-7-10-4-5-11(12)6-10;1-10(2)12(14)15-13(3,4)11-8-6-5-7-9-11;1-9(2)10(12)13-11(3)7-5-4-6-8-11/h10-17H,1,4-8H2,2-3H3;11-14H,1,4-9H2,2-3H3;10-15H,1,4-8H2,2-3H3;3,10-13H,1,4-9H2,2H3;3,9-13,15H,1,4-8H2,2H3;9-12H,1,4-7H2,2-3H3;11H,1,5-9H2,2-4H3;1,4-8H2,2-3H3. The summed E-state index contributed by atoms with van der Waals surface area (Å²) in [4.78, 5) is 91.0. The number of hydrogen-bond acceptors (Lipinski definition) is 22. The van der Waals surface area contributed by atoms with E-state index in [9.17, 15) is 38.4 Å². The van der Waals surface area contributed by atoms with E-state index in [2.05, 4.69) is 52.6 Å². The lowest BCUT2D eigenvalue weighted by Crippen LogP contribution is -2.53. The third-order valence-electron chi connectivity index (χ3n) is 36.1. The molecule has 24 aliphatic rings. The lowest BCUT2D eigenvalue weighted by atomic mass is 9.54. The quantitative estimate of drug-likeness (QED) is 0.0221. The predicted octanol–water partition coefficient (Wildman–Crippen LogP) is 25.2. The number of hydrogen-bond donors (Lipinski definition) is 0. The Balaban J connectivity index is 0.000000134. The van der Waals surface area contributed by atoms with Gasteiger partial charge < -0.3 is 66.3 Å². The second-order valence-corrected chi connectivity index (χ2v) is 48.6. The summed E-state index contributed by atoms with van der Waals surface area (Å²) in [5, 5.41) is 0. The zero-order chi connectivity index (χ0) is 100. The minimum Gasteiger partial charge on any atom is -0.456 e. The fourth-order valence-corrected chi connectivity index (χ4v) is 31.7. The highest BCUT2D eigenvalue weighted by Crippen LogP contribution is 2.69. The molecule has 0 aliphatic heterocycles. The van der Waals surface area contributed by atoms with Crippen molar-refractivity contribution in [3.05, 3.63) is 98.2 Å². The minimum atomic E-state index is -0.458. The minimum absolute atomic E-state index is 0.00435. The largest absolute Gasteiger partial charge is 0.456 e. The van der Waals surface area contributed by atoms with Crippen molar-refractivity contribution in [2.24, 2.45) is 136 Å². The molecule has 16 unspecified atom stereocenters. The number of fused-ring (bicyclic) bond motifs is 11. The third-order valence-corrected chi connectivity index (χ3v) is 36.1. The molecule has 139 heavy (non-hydrogen) atoms. The van der Waals surface area contributed by atoms with Crippen molar-refractivity contribution in [1.82, 2.24) is 0 Å². The summed E-state index contributed by atoms with van der Waals surface area (Å²) in [7, 11) is 0. The van der Waals surface area contributed by atoms with Gasteiger partial charge in [-0.05, 0) is 478 Å². The molecule has 22 heteroatoms. The highest BCUT2D eigenvalue weighted by atomic mass is 16.7. The maximum atomic E-state index is 11.6. The van der Waals surface area contributed by atoms with Crippen molar-refractivity contribution in [1.29, 1.82) is 0 Å². The fraction of sp³-hybridized carbons (Fsp3) is 0.795. The van der Waals surface area contributed by atoms with Gasteiger partial charge in [0.15, 0.2) is 0 Å². The number of carbonyl (C=O) groups excluding carboxylic acids is 8. The van der Waals surface area contributed by atoms with Crippen LogP contribution in [0.2, 0.25) is 0 Å². The van der Waals surface area contributed by atoms with Gasteiger partial charge >= 0.3 is 47.8 Å². The lowest BCUT2D eigenvalue weighted by molar-refractivity contribution is -0.244. The molecule has 0 amide bonds. The molecule has 0 spiro atoms.